The lowest BCUT2D eigenvalue weighted by Gasteiger charge is -2.22. The maximum atomic E-state index is 13.1. The third-order valence-corrected chi connectivity index (χ3v) is 5.42. The van der Waals surface area contributed by atoms with E-state index in [1.54, 1.807) is 13.2 Å². The van der Waals surface area contributed by atoms with Crippen molar-refractivity contribution < 1.29 is 23.6 Å². The number of carbonyl (C=O) groups is 2. The summed E-state index contributed by atoms with van der Waals surface area (Å²) in [7, 11) is 1.59. The summed E-state index contributed by atoms with van der Waals surface area (Å²) < 4.78 is 13.5. The normalized spacial score (nSPS) is 19.2. The van der Waals surface area contributed by atoms with Gasteiger partial charge in [-0.1, -0.05) is 32.1 Å². The Hall–Kier alpha value is -2.67. The number of ether oxygens (including phenoxy) is 2. The molecular formula is C23H26BrN2O4+. The topological polar surface area (TPSA) is 67.6 Å². The molecular weight excluding hydrogens is 448 g/mol. The van der Waals surface area contributed by atoms with Crippen LogP contribution in [0.3, 0.4) is 0 Å². The van der Waals surface area contributed by atoms with E-state index in [4.69, 9.17) is 9.47 Å². The lowest BCUT2D eigenvalue weighted by atomic mass is 10.1. The zero-order chi connectivity index (χ0) is 21.7. The Bertz CT molecular complexity index is 960. The second-order valence-corrected chi connectivity index (χ2v) is 8.39. The van der Waals surface area contributed by atoms with E-state index in [2.05, 4.69) is 35.1 Å². The fraction of sp³-hybridized carbons (Fsp3) is 0.348. The van der Waals surface area contributed by atoms with Crippen molar-refractivity contribution in [3.05, 3.63) is 58.3 Å². The molecule has 1 aliphatic carbocycles. The molecule has 2 aliphatic rings. The summed E-state index contributed by atoms with van der Waals surface area (Å²) in [6.45, 7) is 4.75. The number of allylic oxidation sites excluding steroid dienone is 2. The van der Waals surface area contributed by atoms with Gasteiger partial charge in [0.15, 0.2) is 0 Å². The molecule has 0 fully saturated rings. The molecule has 1 aromatic carbocycles. The van der Waals surface area contributed by atoms with Crippen molar-refractivity contribution in [2.24, 2.45) is 5.92 Å². The van der Waals surface area contributed by atoms with Crippen LogP contribution in [0.5, 0.6) is 5.75 Å². The molecule has 6 nitrogen and oxygen atoms in total. The smallest absolute Gasteiger partial charge is 0.455 e. The number of amides is 2. The Morgan fingerprint density at radius 1 is 1.37 bits per heavy atom. The monoisotopic (exact) mass is 473 g/mol. The van der Waals surface area contributed by atoms with E-state index in [1.165, 1.54) is 4.58 Å². The minimum absolute atomic E-state index is 0.0477. The molecule has 1 unspecified atom stereocenters. The van der Waals surface area contributed by atoms with Gasteiger partial charge in [-0.2, -0.15) is 0 Å². The van der Waals surface area contributed by atoms with Gasteiger partial charge in [-0.25, -0.2) is 4.79 Å². The van der Waals surface area contributed by atoms with Crippen LogP contribution in [-0.4, -0.2) is 48.4 Å². The van der Waals surface area contributed by atoms with Crippen molar-refractivity contribution in [3.8, 4) is 5.75 Å². The number of methoxy groups -OCH3 is 1. The summed E-state index contributed by atoms with van der Waals surface area (Å²) in [6.07, 6.45) is 9.53. The van der Waals surface area contributed by atoms with Crippen molar-refractivity contribution in [1.82, 2.24) is 5.32 Å². The number of hydrogen-bond donors (Lipinski definition) is 1. The zero-order valence-corrected chi connectivity index (χ0v) is 18.9. The van der Waals surface area contributed by atoms with Gasteiger partial charge in [0.2, 0.25) is 24.1 Å². The average Bonchev–Trinajstić information content (AvgIpc) is 2.71. The highest BCUT2D eigenvalue weighted by Gasteiger charge is 2.40. The molecule has 0 bridgehead atoms. The number of benzene rings is 1. The number of nitrogens with one attached hydrogen (secondary N) is 1. The van der Waals surface area contributed by atoms with Gasteiger partial charge in [0.05, 0.1) is 11.6 Å². The maximum absolute atomic E-state index is 13.1. The third kappa shape index (κ3) is 5.27. The first kappa shape index (κ1) is 22.0. The van der Waals surface area contributed by atoms with E-state index in [1.807, 2.05) is 42.5 Å². The summed E-state index contributed by atoms with van der Waals surface area (Å²) in [5.74, 6) is 0.858. The summed E-state index contributed by atoms with van der Waals surface area (Å²) in [6, 6.07) is 5.50. The van der Waals surface area contributed by atoms with Gasteiger partial charge >= 0.3 is 5.91 Å². The average molecular weight is 474 g/mol. The quantitative estimate of drug-likeness (QED) is 0.486. The van der Waals surface area contributed by atoms with Crippen molar-refractivity contribution in [2.45, 2.75) is 26.4 Å². The highest BCUT2D eigenvalue weighted by molar-refractivity contribution is 9.10. The van der Waals surface area contributed by atoms with Gasteiger partial charge < -0.3 is 14.8 Å². The number of fused-ring (bicyclic) bond motifs is 1. The highest BCUT2D eigenvalue weighted by Crippen LogP contribution is 2.27. The van der Waals surface area contributed by atoms with Gasteiger partial charge in [0.25, 0.3) is 5.91 Å². The standard InChI is InChI=1S/C23H25BrN2O4/c1-15(2)10-11-25-22(27)14-26-18-6-4-5-7-20(18)30-21(23(26)28)13-16-8-9-19(29-3)17(24)12-16/h4-9,12-13,15,20H,10-11,14H2,1-3H3/p+1/b21-13-. The summed E-state index contributed by atoms with van der Waals surface area (Å²) in [4.78, 5) is 25.6. The molecule has 1 heterocycles. The molecule has 3 rings (SSSR count). The van der Waals surface area contributed by atoms with Crippen LogP contribution in [0.25, 0.3) is 6.08 Å². The lowest BCUT2D eigenvalue weighted by molar-refractivity contribution is -0.443. The molecule has 0 aromatic heterocycles. The van der Waals surface area contributed by atoms with E-state index >= 15 is 0 Å². The first-order chi connectivity index (χ1) is 14.4. The van der Waals surface area contributed by atoms with E-state index in [-0.39, 0.29) is 24.1 Å². The van der Waals surface area contributed by atoms with E-state index in [9.17, 15) is 9.59 Å². The Morgan fingerprint density at radius 3 is 2.87 bits per heavy atom. The van der Waals surface area contributed by atoms with Crippen molar-refractivity contribution >= 4 is 39.5 Å². The third-order valence-electron chi connectivity index (χ3n) is 4.80. The van der Waals surface area contributed by atoms with Crippen molar-refractivity contribution in [2.75, 3.05) is 20.2 Å². The Kier molecular flexibility index (Phi) is 7.26. The number of rotatable bonds is 7. The van der Waals surface area contributed by atoms with Crippen LogP contribution in [0.4, 0.5) is 0 Å². The predicted molar refractivity (Wildman–Crippen MR) is 119 cm³/mol. The molecule has 0 radical (unpaired) electrons. The van der Waals surface area contributed by atoms with Gasteiger partial charge in [0, 0.05) is 12.6 Å². The SMILES string of the molecule is COc1ccc(/C=C2\OC3C=CC=CC3=[N+](CC(=O)NCCC(C)C)C2=O)cc1Br. The molecule has 1 atom stereocenters. The fourth-order valence-electron chi connectivity index (χ4n) is 3.18. The molecule has 158 valence electrons. The van der Waals surface area contributed by atoms with Crippen LogP contribution in [-0.2, 0) is 14.3 Å². The molecule has 0 saturated heterocycles. The van der Waals surface area contributed by atoms with Gasteiger partial charge in [0.1, 0.15) is 5.75 Å². The van der Waals surface area contributed by atoms with Crippen LogP contribution < -0.4 is 10.1 Å². The van der Waals surface area contributed by atoms with Gasteiger partial charge in [-0.05, 0) is 58.1 Å². The number of halogens is 1. The lowest BCUT2D eigenvalue weighted by Crippen LogP contribution is -2.46. The highest BCUT2D eigenvalue weighted by atomic mass is 79.9. The molecule has 0 saturated carbocycles. The van der Waals surface area contributed by atoms with Crippen LogP contribution in [0, 0.1) is 5.92 Å². The Balaban J connectivity index is 1.85. The number of carbonyl (C=O) groups excluding carboxylic acids is 2. The molecule has 1 aliphatic heterocycles. The first-order valence-corrected chi connectivity index (χ1v) is 10.7. The van der Waals surface area contributed by atoms with E-state index in [0.29, 0.717) is 23.9 Å². The maximum Gasteiger partial charge on any atom is 0.455 e. The second-order valence-electron chi connectivity index (χ2n) is 7.53. The second kappa shape index (κ2) is 9.89. The summed E-state index contributed by atoms with van der Waals surface area (Å²) >= 11 is 3.45. The predicted octanol–water partition coefficient (Wildman–Crippen LogP) is 3.47. The largest absolute Gasteiger partial charge is 0.496 e. The molecule has 1 aromatic rings. The van der Waals surface area contributed by atoms with Gasteiger partial charge in [-0.15, -0.1) is 4.58 Å². The minimum Gasteiger partial charge on any atom is -0.496 e. The molecule has 0 spiro atoms. The molecule has 2 amide bonds. The van der Waals surface area contributed by atoms with Crippen LogP contribution in [0.15, 0.2) is 52.7 Å². The van der Waals surface area contributed by atoms with E-state index < -0.39 is 6.10 Å². The van der Waals surface area contributed by atoms with Gasteiger partial charge in [-0.3, -0.25) is 4.79 Å². The van der Waals surface area contributed by atoms with Crippen molar-refractivity contribution in [3.63, 3.8) is 0 Å². The number of nitrogens with zero attached hydrogens (tertiary/aromatic N) is 1. The number of hydrogen-bond acceptors (Lipinski definition) is 4. The summed E-state index contributed by atoms with van der Waals surface area (Å²) in [5.41, 5.74) is 1.45. The molecule has 1 N–H and O–H groups in total. The fourth-order valence-corrected chi connectivity index (χ4v) is 3.73. The van der Waals surface area contributed by atoms with Crippen LogP contribution >= 0.6 is 15.9 Å². The van der Waals surface area contributed by atoms with E-state index in [0.717, 1.165) is 16.5 Å². The minimum atomic E-state index is -0.413. The molecule has 30 heavy (non-hydrogen) atoms. The Morgan fingerprint density at radius 2 is 2.17 bits per heavy atom. The molecule has 7 heteroatoms. The summed E-state index contributed by atoms with van der Waals surface area (Å²) in [5, 5.41) is 2.89. The zero-order valence-electron chi connectivity index (χ0n) is 17.4. The van der Waals surface area contributed by atoms with Crippen LogP contribution in [0.2, 0.25) is 0 Å². The Labute approximate surface area is 185 Å². The first-order valence-electron chi connectivity index (χ1n) is 9.91. The van der Waals surface area contributed by atoms with Crippen LogP contribution in [0.1, 0.15) is 25.8 Å². The van der Waals surface area contributed by atoms with Crippen molar-refractivity contribution in [1.29, 1.82) is 0 Å².